The number of rotatable bonds is 6. The van der Waals surface area contributed by atoms with E-state index in [1.165, 1.54) is 6.07 Å². The number of ether oxygens (including phenoxy) is 2. The van der Waals surface area contributed by atoms with Gasteiger partial charge in [0.1, 0.15) is 18.0 Å². The van der Waals surface area contributed by atoms with Crippen molar-refractivity contribution in [2.75, 3.05) is 0 Å². The summed E-state index contributed by atoms with van der Waals surface area (Å²) >= 11 is 6.21. The molecule has 4 nitrogen and oxygen atoms in total. The number of hydrogen-bond donors (Lipinski definition) is 1. The van der Waals surface area contributed by atoms with E-state index in [0.29, 0.717) is 10.6 Å². The van der Waals surface area contributed by atoms with Crippen LogP contribution >= 0.6 is 11.6 Å². The molecule has 0 amide bonds. The van der Waals surface area contributed by atoms with Crippen LogP contribution in [0.2, 0.25) is 5.02 Å². The van der Waals surface area contributed by atoms with Crippen LogP contribution in [0.4, 0.5) is 4.39 Å². The molecule has 0 aliphatic carbocycles. The number of hydrogen-bond acceptors (Lipinski definition) is 3. The van der Waals surface area contributed by atoms with Gasteiger partial charge in [0.05, 0.1) is 0 Å². The molecule has 0 fully saturated rings. The van der Waals surface area contributed by atoms with E-state index < -0.39 is 11.8 Å². The minimum atomic E-state index is -0.909. The zero-order valence-corrected chi connectivity index (χ0v) is 22.3. The van der Waals surface area contributed by atoms with Gasteiger partial charge in [-0.25, -0.2) is 4.39 Å². The van der Waals surface area contributed by atoms with Crippen molar-refractivity contribution >= 4 is 17.6 Å². The van der Waals surface area contributed by atoms with Gasteiger partial charge < -0.3 is 14.6 Å². The van der Waals surface area contributed by atoms with Gasteiger partial charge in [-0.15, -0.1) is 0 Å². The number of aliphatic carboxylic acids is 1. The Morgan fingerprint density at radius 3 is 2.27 bits per heavy atom. The van der Waals surface area contributed by atoms with Crippen LogP contribution in [0.1, 0.15) is 84.1 Å². The first-order valence-electron chi connectivity index (χ1n) is 11.8. The monoisotopic (exact) mass is 482 g/mol. The van der Waals surface area contributed by atoms with Gasteiger partial charge in [0, 0.05) is 23.4 Å². The lowest BCUT2D eigenvalue weighted by Crippen LogP contribution is -2.25. The highest BCUT2D eigenvalue weighted by molar-refractivity contribution is 6.30. The molecule has 2 aromatic rings. The van der Waals surface area contributed by atoms with E-state index in [4.69, 9.17) is 26.2 Å². The van der Waals surface area contributed by atoms with Gasteiger partial charge >= 0.3 is 5.97 Å². The first-order chi connectivity index (χ1) is 15.6. The second-order valence-electron chi connectivity index (χ2n) is 7.48. The normalized spacial score (nSPS) is 12.5. The van der Waals surface area contributed by atoms with E-state index in [2.05, 4.69) is 0 Å². The van der Waals surface area contributed by atoms with Gasteiger partial charge in [-0.3, -0.25) is 4.79 Å². The highest BCUT2D eigenvalue weighted by Gasteiger charge is 2.32. The second kappa shape index (κ2) is 14.8. The summed E-state index contributed by atoms with van der Waals surface area (Å²) in [6.07, 6.45) is 0.993. The molecule has 0 radical (unpaired) electrons. The molecule has 0 spiro atoms. The lowest BCUT2D eigenvalue weighted by molar-refractivity contribution is -0.136. The van der Waals surface area contributed by atoms with Crippen molar-refractivity contribution in [3.8, 4) is 11.5 Å². The fraction of sp³-hybridized carbons (Fsp3) is 0.519. The molecule has 1 heterocycles. The van der Waals surface area contributed by atoms with Crippen molar-refractivity contribution < 1.29 is 23.8 Å². The Kier molecular flexibility index (Phi) is 13.8. The smallest absolute Gasteiger partial charge is 0.303 e. The lowest BCUT2D eigenvalue weighted by Gasteiger charge is -2.18. The van der Waals surface area contributed by atoms with Crippen LogP contribution < -0.4 is 9.47 Å². The molecule has 2 aromatic carbocycles. The van der Waals surface area contributed by atoms with Crippen LogP contribution in [0.5, 0.6) is 11.5 Å². The van der Waals surface area contributed by atoms with E-state index in [0.717, 1.165) is 28.9 Å². The lowest BCUT2D eigenvalue weighted by atomic mass is 10.0. The fourth-order valence-corrected chi connectivity index (χ4v) is 3.59. The molecular formula is C27H40ClFO4. The van der Waals surface area contributed by atoms with E-state index in [9.17, 15) is 9.18 Å². The first-order valence-corrected chi connectivity index (χ1v) is 12.2. The van der Waals surface area contributed by atoms with Gasteiger partial charge in [0.2, 0.25) is 0 Å². The van der Waals surface area contributed by atoms with Crippen molar-refractivity contribution in [1.82, 2.24) is 0 Å². The molecule has 186 valence electrons. The summed E-state index contributed by atoms with van der Waals surface area (Å²) in [6, 6.07) is 6.60. The summed E-state index contributed by atoms with van der Waals surface area (Å²) in [5.41, 5.74) is 2.94. The Hall–Kier alpha value is -2.27. The van der Waals surface area contributed by atoms with Crippen LogP contribution in [0.25, 0.3) is 0 Å². The number of halogens is 2. The zero-order chi connectivity index (χ0) is 25.8. The van der Waals surface area contributed by atoms with Crippen molar-refractivity contribution in [3.05, 3.63) is 57.4 Å². The molecule has 0 aromatic heterocycles. The Bertz CT molecular complexity index is 894. The molecule has 0 unspecified atom stereocenters. The summed E-state index contributed by atoms with van der Waals surface area (Å²) in [5.74, 6) is -0.550. The molecule has 1 aliphatic rings. The second-order valence-corrected chi connectivity index (χ2v) is 7.92. The van der Waals surface area contributed by atoms with Gasteiger partial charge in [0.25, 0.3) is 0 Å². The average Bonchev–Trinajstić information content (AvgIpc) is 3.10. The molecular weight excluding hydrogens is 443 g/mol. The van der Waals surface area contributed by atoms with Crippen LogP contribution in [-0.4, -0.2) is 16.7 Å². The van der Waals surface area contributed by atoms with E-state index >= 15 is 0 Å². The quantitative estimate of drug-likeness (QED) is 0.451. The zero-order valence-electron chi connectivity index (χ0n) is 21.6. The SMILES string of the molecule is CC.CC.CC.Cc1cc(OCc2cc(Cl)cc3c2OC(C)(C)C3)c(F)cc1CCC(=O)O. The van der Waals surface area contributed by atoms with E-state index in [-0.39, 0.29) is 30.8 Å². The van der Waals surface area contributed by atoms with Crippen LogP contribution in [-0.2, 0) is 24.2 Å². The Morgan fingerprint density at radius 2 is 1.70 bits per heavy atom. The minimum absolute atomic E-state index is 0.0394. The molecule has 33 heavy (non-hydrogen) atoms. The Balaban J connectivity index is 0.00000158. The molecule has 1 aliphatic heterocycles. The molecule has 0 bridgehead atoms. The third kappa shape index (κ3) is 9.24. The molecule has 3 rings (SSSR count). The predicted octanol–water partition coefficient (Wildman–Crippen LogP) is 8.18. The topological polar surface area (TPSA) is 55.8 Å². The van der Waals surface area contributed by atoms with Crippen LogP contribution in [0.3, 0.4) is 0 Å². The van der Waals surface area contributed by atoms with E-state index in [1.54, 1.807) is 12.1 Å². The summed E-state index contributed by atoms with van der Waals surface area (Å²) in [4.78, 5) is 10.7. The van der Waals surface area contributed by atoms with Gasteiger partial charge in [-0.2, -0.15) is 0 Å². The number of aryl methyl sites for hydroxylation is 2. The first kappa shape index (κ1) is 30.7. The maximum atomic E-state index is 14.4. The van der Waals surface area contributed by atoms with Gasteiger partial charge in [-0.1, -0.05) is 53.1 Å². The maximum absolute atomic E-state index is 14.4. The average molecular weight is 483 g/mol. The fourth-order valence-electron chi connectivity index (χ4n) is 3.33. The molecule has 6 heteroatoms. The summed E-state index contributed by atoms with van der Waals surface area (Å²) < 4.78 is 26.1. The van der Waals surface area contributed by atoms with Gasteiger partial charge in [-0.05, 0) is 68.1 Å². The molecule has 0 atom stereocenters. The summed E-state index contributed by atoms with van der Waals surface area (Å²) in [6.45, 7) is 17.9. The van der Waals surface area contributed by atoms with Crippen LogP contribution in [0, 0.1) is 12.7 Å². The Labute approximate surface area is 204 Å². The van der Waals surface area contributed by atoms with Crippen molar-refractivity contribution in [2.24, 2.45) is 0 Å². The van der Waals surface area contributed by atoms with Crippen molar-refractivity contribution in [3.63, 3.8) is 0 Å². The van der Waals surface area contributed by atoms with Gasteiger partial charge in [0.15, 0.2) is 11.6 Å². The molecule has 0 saturated heterocycles. The summed E-state index contributed by atoms with van der Waals surface area (Å²) in [7, 11) is 0. The molecule has 1 N–H and O–H groups in total. The third-order valence-electron chi connectivity index (χ3n) is 4.58. The van der Waals surface area contributed by atoms with Crippen LogP contribution in [0.15, 0.2) is 24.3 Å². The third-order valence-corrected chi connectivity index (χ3v) is 4.80. The number of carboxylic acid groups (broad SMARTS) is 1. The number of benzene rings is 2. The molecule has 0 saturated carbocycles. The number of fused-ring (bicyclic) bond motifs is 1. The van der Waals surface area contributed by atoms with Crippen molar-refractivity contribution in [2.45, 2.75) is 93.8 Å². The number of carboxylic acids is 1. The van der Waals surface area contributed by atoms with E-state index in [1.807, 2.05) is 68.4 Å². The van der Waals surface area contributed by atoms with Crippen molar-refractivity contribution in [1.29, 1.82) is 0 Å². The minimum Gasteiger partial charge on any atom is -0.487 e. The Morgan fingerprint density at radius 1 is 1.09 bits per heavy atom. The predicted molar refractivity (Wildman–Crippen MR) is 135 cm³/mol. The maximum Gasteiger partial charge on any atom is 0.303 e. The summed E-state index contributed by atoms with van der Waals surface area (Å²) in [5, 5.41) is 9.39. The largest absolute Gasteiger partial charge is 0.487 e. The highest BCUT2D eigenvalue weighted by atomic mass is 35.5. The standard InChI is InChI=1S/C21H22ClFO4.3C2H6/c1-12-6-18(17(23)9-13(12)4-5-19(24)25)26-11-15-8-16(22)7-14-10-21(2,3)27-20(14)15;3*1-2/h6-9H,4-5,10-11H2,1-3H3,(H,24,25);3*1-2H3. The highest BCUT2D eigenvalue weighted by Crippen LogP contribution is 2.40. The number of carbonyl (C=O) groups is 1.